The van der Waals surface area contributed by atoms with Crippen molar-refractivity contribution in [3.63, 3.8) is 0 Å². The van der Waals surface area contributed by atoms with Crippen LogP contribution < -0.4 is 16.2 Å². The van der Waals surface area contributed by atoms with Crippen molar-refractivity contribution in [2.45, 2.75) is 19.0 Å². The van der Waals surface area contributed by atoms with Crippen LogP contribution in [0.15, 0.2) is 83.7 Å². The molecule has 0 aliphatic heterocycles. The monoisotopic (exact) mass is 481 g/mol. The van der Waals surface area contributed by atoms with Gasteiger partial charge in [0.15, 0.2) is 5.11 Å². The molecular formula is C26H22F3N3OS. The Morgan fingerprint density at radius 1 is 0.882 bits per heavy atom. The van der Waals surface area contributed by atoms with Crippen molar-refractivity contribution in [3.05, 3.63) is 111 Å². The van der Waals surface area contributed by atoms with Crippen molar-refractivity contribution >= 4 is 33.9 Å². The lowest BCUT2D eigenvalue weighted by molar-refractivity contribution is -0.136. The minimum absolute atomic E-state index is 0.0187. The van der Waals surface area contributed by atoms with E-state index in [9.17, 15) is 18.0 Å². The average Bonchev–Trinajstić information content (AvgIpc) is 2.80. The first kappa shape index (κ1) is 23.5. The molecule has 8 heteroatoms. The summed E-state index contributed by atoms with van der Waals surface area (Å²) < 4.78 is 40.2. The van der Waals surface area contributed by atoms with E-state index in [4.69, 9.17) is 12.2 Å². The number of aromatic nitrogens is 1. The summed E-state index contributed by atoms with van der Waals surface area (Å²) in [5.41, 5.74) is 2.15. The quantitative estimate of drug-likeness (QED) is 0.311. The van der Waals surface area contributed by atoms with Crippen LogP contribution in [0.2, 0.25) is 0 Å². The zero-order chi connectivity index (χ0) is 24.1. The molecule has 34 heavy (non-hydrogen) atoms. The van der Waals surface area contributed by atoms with Crippen LogP contribution >= 0.6 is 12.2 Å². The van der Waals surface area contributed by atoms with Gasteiger partial charge in [-0.25, -0.2) is 0 Å². The molecule has 4 nitrogen and oxygen atoms in total. The Hall–Kier alpha value is -3.65. The lowest BCUT2D eigenvalue weighted by Gasteiger charge is -2.12. The van der Waals surface area contributed by atoms with Crippen molar-refractivity contribution in [2.75, 3.05) is 11.9 Å². The summed E-state index contributed by atoms with van der Waals surface area (Å²) in [5.74, 6) is 0. The lowest BCUT2D eigenvalue weighted by atomic mass is 10.0. The molecule has 4 aromatic rings. The fourth-order valence-electron chi connectivity index (χ4n) is 3.73. The second-order valence-electron chi connectivity index (χ2n) is 7.92. The Balaban J connectivity index is 1.39. The van der Waals surface area contributed by atoms with Crippen molar-refractivity contribution in [1.82, 2.24) is 10.3 Å². The first-order valence-corrected chi connectivity index (χ1v) is 11.1. The van der Waals surface area contributed by atoms with Crippen LogP contribution in [0.4, 0.5) is 18.9 Å². The Bertz CT molecular complexity index is 1350. The Morgan fingerprint density at radius 3 is 2.29 bits per heavy atom. The molecule has 0 bridgehead atoms. The van der Waals surface area contributed by atoms with Gasteiger partial charge in [-0.2, -0.15) is 13.2 Å². The second-order valence-corrected chi connectivity index (χ2v) is 8.32. The molecule has 174 valence electrons. The van der Waals surface area contributed by atoms with Gasteiger partial charge in [0.2, 0.25) is 5.56 Å². The molecule has 0 spiro atoms. The maximum absolute atomic E-state index is 13.4. The van der Waals surface area contributed by atoms with Gasteiger partial charge in [-0.3, -0.25) is 4.79 Å². The molecule has 0 aliphatic rings. The summed E-state index contributed by atoms with van der Waals surface area (Å²) in [7, 11) is 0. The molecule has 0 aliphatic carbocycles. The molecule has 0 saturated heterocycles. The highest BCUT2D eigenvalue weighted by molar-refractivity contribution is 7.80. The van der Waals surface area contributed by atoms with Gasteiger partial charge < -0.3 is 15.6 Å². The number of hydrogen-bond donors (Lipinski definition) is 3. The molecule has 0 saturated carbocycles. The number of alkyl halides is 3. The van der Waals surface area contributed by atoms with Gasteiger partial charge in [0.1, 0.15) is 0 Å². The van der Waals surface area contributed by atoms with Crippen molar-refractivity contribution in [2.24, 2.45) is 0 Å². The fourth-order valence-corrected chi connectivity index (χ4v) is 3.95. The third kappa shape index (κ3) is 6.02. The van der Waals surface area contributed by atoms with E-state index >= 15 is 0 Å². The Morgan fingerprint density at radius 2 is 1.59 bits per heavy atom. The van der Waals surface area contributed by atoms with Crippen LogP contribution in [0.25, 0.3) is 10.9 Å². The highest BCUT2D eigenvalue weighted by Gasteiger charge is 2.33. The molecule has 0 fully saturated rings. The van der Waals surface area contributed by atoms with Gasteiger partial charge in [-0.15, -0.1) is 0 Å². The summed E-state index contributed by atoms with van der Waals surface area (Å²) in [6.07, 6.45) is -3.30. The number of nitrogens with one attached hydrogen (secondary N) is 3. The lowest BCUT2D eigenvalue weighted by Crippen LogP contribution is -2.30. The zero-order valence-electron chi connectivity index (χ0n) is 18.1. The molecule has 0 unspecified atom stereocenters. The number of hydrogen-bond acceptors (Lipinski definition) is 2. The topological polar surface area (TPSA) is 56.9 Å². The van der Waals surface area contributed by atoms with Gasteiger partial charge in [-0.1, -0.05) is 48.5 Å². The highest BCUT2D eigenvalue weighted by atomic mass is 32.1. The smallest absolute Gasteiger partial charge is 0.362 e. The third-order valence-electron chi connectivity index (χ3n) is 5.37. The van der Waals surface area contributed by atoms with E-state index in [0.29, 0.717) is 29.7 Å². The van der Waals surface area contributed by atoms with E-state index in [2.05, 4.69) is 27.8 Å². The summed E-state index contributed by atoms with van der Waals surface area (Å²) in [6.45, 7) is 0.709. The van der Waals surface area contributed by atoms with E-state index in [-0.39, 0.29) is 10.9 Å². The van der Waals surface area contributed by atoms with Crippen LogP contribution in [0, 0.1) is 0 Å². The SMILES string of the molecule is O=c1cc(C(F)(F)F)c2cc(Cc3ccc(NC(=S)NCCc4ccccc4)cc3)ccc2[nH]1. The Labute approximate surface area is 199 Å². The van der Waals surface area contributed by atoms with Gasteiger partial charge >= 0.3 is 6.18 Å². The number of benzene rings is 3. The van der Waals surface area contributed by atoms with Crippen LogP contribution in [0.5, 0.6) is 0 Å². The largest absolute Gasteiger partial charge is 0.417 e. The van der Waals surface area contributed by atoms with Crippen molar-refractivity contribution in [1.29, 1.82) is 0 Å². The van der Waals surface area contributed by atoms with Crippen LogP contribution in [0.3, 0.4) is 0 Å². The Kier molecular flexibility index (Phi) is 6.98. The van der Waals surface area contributed by atoms with Crippen molar-refractivity contribution in [3.8, 4) is 0 Å². The van der Waals surface area contributed by atoms with E-state index in [1.807, 2.05) is 42.5 Å². The van der Waals surface area contributed by atoms with E-state index < -0.39 is 17.3 Å². The number of aromatic amines is 1. The summed E-state index contributed by atoms with van der Waals surface area (Å²) in [4.78, 5) is 14.0. The summed E-state index contributed by atoms with van der Waals surface area (Å²) in [6, 6.07) is 23.0. The van der Waals surface area contributed by atoms with E-state index in [1.54, 1.807) is 6.07 Å². The van der Waals surface area contributed by atoms with Crippen LogP contribution in [-0.2, 0) is 19.0 Å². The maximum Gasteiger partial charge on any atom is 0.417 e. The van der Waals surface area contributed by atoms with Crippen molar-refractivity contribution < 1.29 is 13.2 Å². The first-order valence-electron chi connectivity index (χ1n) is 10.7. The first-order chi connectivity index (χ1) is 16.3. The predicted octanol–water partition coefficient (Wildman–Crippen LogP) is 5.67. The van der Waals surface area contributed by atoms with Gasteiger partial charge in [0.25, 0.3) is 0 Å². The molecule has 3 aromatic carbocycles. The fraction of sp³-hybridized carbons (Fsp3) is 0.154. The molecule has 3 N–H and O–H groups in total. The molecular weight excluding hydrogens is 459 g/mol. The minimum Gasteiger partial charge on any atom is -0.362 e. The number of pyridine rings is 1. The normalized spacial score (nSPS) is 11.4. The molecule has 4 rings (SSSR count). The molecule has 1 heterocycles. The van der Waals surface area contributed by atoms with Gasteiger partial charge in [-0.05, 0) is 66.0 Å². The number of thiocarbonyl (C=S) groups is 1. The number of halogens is 3. The summed E-state index contributed by atoms with van der Waals surface area (Å²) >= 11 is 5.35. The highest BCUT2D eigenvalue weighted by Crippen LogP contribution is 2.33. The number of H-pyrrole nitrogens is 1. The maximum atomic E-state index is 13.4. The van der Waals surface area contributed by atoms with Gasteiger partial charge in [0, 0.05) is 29.2 Å². The molecule has 0 radical (unpaired) electrons. The third-order valence-corrected chi connectivity index (χ3v) is 5.62. The second kappa shape index (κ2) is 10.1. The number of rotatable bonds is 6. The standard InChI is InChI=1S/C26H22F3N3OS/c27-26(28,29)22-16-24(33)32-23-11-8-19(15-21(22)23)14-18-6-9-20(10-7-18)31-25(34)30-13-12-17-4-2-1-3-5-17/h1-11,15-16H,12-14H2,(H,32,33)(H2,30,31,34). The average molecular weight is 482 g/mol. The molecule has 1 aromatic heterocycles. The van der Waals surface area contributed by atoms with Crippen LogP contribution in [0.1, 0.15) is 22.3 Å². The predicted molar refractivity (Wildman–Crippen MR) is 133 cm³/mol. The van der Waals surface area contributed by atoms with Crippen LogP contribution in [-0.4, -0.2) is 16.6 Å². The zero-order valence-corrected chi connectivity index (χ0v) is 18.9. The molecule has 0 atom stereocenters. The summed E-state index contributed by atoms with van der Waals surface area (Å²) in [5, 5.41) is 6.81. The van der Waals surface area contributed by atoms with E-state index in [1.165, 1.54) is 17.7 Å². The number of anilines is 1. The van der Waals surface area contributed by atoms with E-state index in [0.717, 1.165) is 17.7 Å². The molecule has 0 amide bonds. The van der Waals surface area contributed by atoms with Gasteiger partial charge in [0.05, 0.1) is 5.56 Å². The minimum atomic E-state index is -4.61. The number of fused-ring (bicyclic) bond motifs is 1.